The summed E-state index contributed by atoms with van der Waals surface area (Å²) in [5.74, 6) is -0.944. The largest absolute Gasteiger partial charge is 0.478 e. The smallest absolute Gasteiger partial charge is 0.335 e. The molecule has 198 valence electrons. The molecule has 2 aliphatic rings. The van der Waals surface area contributed by atoms with Gasteiger partial charge in [0.15, 0.2) is 0 Å². The fourth-order valence-corrected chi connectivity index (χ4v) is 5.87. The molecule has 2 aromatic heterocycles. The van der Waals surface area contributed by atoms with Gasteiger partial charge in [0.2, 0.25) is 0 Å². The molecule has 1 atom stereocenters. The first-order valence-corrected chi connectivity index (χ1v) is 13.4. The number of aromatic carboxylic acids is 1. The Kier molecular flexibility index (Phi) is 6.65. The second kappa shape index (κ2) is 10.3. The molecule has 2 aliphatic heterocycles. The minimum absolute atomic E-state index is 0.137. The van der Waals surface area contributed by atoms with Gasteiger partial charge in [-0.2, -0.15) is 5.26 Å². The number of carboxylic acid groups (broad SMARTS) is 1. The van der Waals surface area contributed by atoms with Crippen molar-refractivity contribution >= 4 is 11.6 Å². The molecule has 2 aromatic carbocycles. The number of carboxylic acids is 1. The van der Waals surface area contributed by atoms with Crippen molar-refractivity contribution < 1.29 is 14.6 Å². The van der Waals surface area contributed by atoms with E-state index in [-0.39, 0.29) is 17.2 Å². The number of morpholine rings is 1. The van der Waals surface area contributed by atoms with Gasteiger partial charge in [0.1, 0.15) is 5.65 Å². The summed E-state index contributed by atoms with van der Waals surface area (Å²) < 4.78 is 8.30. The average Bonchev–Trinajstić information content (AvgIpc) is 3.41. The predicted octanol–water partition coefficient (Wildman–Crippen LogP) is 4.75. The van der Waals surface area contributed by atoms with Gasteiger partial charge in [0.25, 0.3) is 0 Å². The Labute approximate surface area is 227 Å². The highest BCUT2D eigenvalue weighted by molar-refractivity contribution is 5.88. The van der Waals surface area contributed by atoms with E-state index in [1.165, 1.54) is 0 Å². The lowest BCUT2D eigenvalue weighted by molar-refractivity contribution is -0.0747. The monoisotopic (exact) mass is 521 g/mol. The third-order valence-corrected chi connectivity index (χ3v) is 8.30. The van der Waals surface area contributed by atoms with Crippen LogP contribution in [0.4, 0.5) is 0 Å². The Morgan fingerprint density at radius 3 is 2.59 bits per heavy atom. The second-order valence-corrected chi connectivity index (χ2v) is 10.6. The van der Waals surface area contributed by atoms with Crippen molar-refractivity contribution in [2.24, 2.45) is 0 Å². The van der Waals surface area contributed by atoms with Crippen LogP contribution >= 0.6 is 0 Å². The molecule has 0 bridgehead atoms. The minimum Gasteiger partial charge on any atom is -0.478 e. The van der Waals surface area contributed by atoms with Crippen LogP contribution in [0.25, 0.3) is 28.0 Å². The Morgan fingerprint density at radius 2 is 1.85 bits per heavy atom. The molecule has 0 spiro atoms. The molecule has 2 fully saturated rings. The molecular weight excluding hydrogens is 490 g/mol. The van der Waals surface area contributed by atoms with E-state index in [0.717, 1.165) is 72.6 Å². The number of pyridine rings is 1. The van der Waals surface area contributed by atoms with Crippen molar-refractivity contribution in [1.29, 1.82) is 5.26 Å². The van der Waals surface area contributed by atoms with Gasteiger partial charge in [0, 0.05) is 36.0 Å². The first-order valence-electron chi connectivity index (χ1n) is 13.4. The molecule has 4 aromatic rings. The van der Waals surface area contributed by atoms with Crippen molar-refractivity contribution in [3.8, 4) is 28.5 Å². The molecule has 0 saturated carbocycles. The zero-order chi connectivity index (χ0) is 27.0. The summed E-state index contributed by atoms with van der Waals surface area (Å²) in [7, 11) is 0. The third-order valence-electron chi connectivity index (χ3n) is 8.30. The maximum Gasteiger partial charge on any atom is 0.335 e. The summed E-state index contributed by atoms with van der Waals surface area (Å²) in [5, 5.41) is 22.6. The number of hydrogen-bond acceptors (Lipinski definition) is 6. The zero-order valence-corrected chi connectivity index (χ0v) is 21.9. The standard InChI is InChI=1S/C31H31N5O3/c1-31(10-12-33-13-11-31)35-14-15-39-28(20-35)26-16-23(6-7-24(26)17-32)27-18-34-29-9-8-25(19-36(27)29)21-2-4-22(5-3-21)30(37)38/h2-9,16,18-19,28,33H,10-15,20H2,1H3,(H,37,38). The van der Waals surface area contributed by atoms with Crippen molar-refractivity contribution in [1.82, 2.24) is 19.6 Å². The molecule has 8 heteroatoms. The normalized spacial score (nSPS) is 19.5. The van der Waals surface area contributed by atoms with Crippen molar-refractivity contribution in [2.45, 2.75) is 31.4 Å². The van der Waals surface area contributed by atoms with Crippen LogP contribution in [0, 0.1) is 11.3 Å². The number of rotatable bonds is 5. The molecule has 0 radical (unpaired) electrons. The molecule has 8 nitrogen and oxygen atoms in total. The van der Waals surface area contributed by atoms with Crippen molar-refractivity contribution in [2.75, 3.05) is 32.8 Å². The Bertz CT molecular complexity index is 1560. The van der Waals surface area contributed by atoms with Gasteiger partial charge in [-0.1, -0.05) is 18.2 Å². The van der Waals surface area contributed by atoms with E-state index >= 15 is 0 Å². The summed E-state index contributed by atoms with van der Waals surface area (Å²) in [6.07, 6.45) is 5.90. The Hall–Kier alpha value is -4.03. The number of nitrogens with zero attached hydrogens (tertiary/aromatic N) is 4. The number of piperidine rings is 1. The highest BCUT2D eigenvalue weighted by Crippen LogP contribution is 2.35. The number of hydrogen-bond donors (Lipinski definition) is 2. The van der Waals surface area contributed by atoms with E-state index in [1.807, 2.05) is 53.2 Å². The van der Waals surface area contributed by atoms with Gasteiger partial charge in [-0.3, -0.25) is 9.30 Å². The fraction of sp³-hybridized carbons (Fsp3) is 0.323. The van der Waals surface area contributed by atoms with Crippen LogP contribution in [0.2, 0.25) is 0 Å². The highest BCUT2D eigenvalue weighted by atomic mass is 16.5. The number of carbonyl (C=O) groups is 1. The van der Waals surface area contributed by atoms with Crippen LogP contribution in [0.3, 0.4) is 0 Å². The molecule has 1 unspecified atom stereocenters. The molecule has 39 heavy (non-hydrogen) atoms. The quantitative estimate of drug-likeness (QED) is 0.391. The van der Waals surface area contributed by atoms with Crippen molar-refractivity contribution in [3.63, 3.8) is 0 Å². The number of benzene rings is 2. The van der Waals surface area contributed by atoms with E-state index in [2.05, 4.69) is 34.3 Å². The van der Waals surface area contributed by atoms with E-state index in [1.54, 1.807) is 12.1 Å². The number of imidazole rings is 1. The number of aromatic nitrogens is 2. The first kappa shape index (κ1) is 25.3. The lowest BCUT2D eigenvalue weighted by atomic mass is 9.87. The molecule has 4 heterocycles. The van der Waals surface area contributed by atoms with Gasteiger partial charge < -0.3 is 15.2 Å². The van der Waals surface area contributed by atoms with E-state index < -0.39 is 5.97 Å². The van der Waals surface area contributed by atoms with Crippen LogP contribution < -0.4 is 5.32 Å². The molecule has 6 rings (SSSR count). The summed E-state index contributed by atoms with van der Waals surface area (Å²) >= 11 is 0. The summed E-state index contributed by atoms with van der Waals surface area (Å²) in [6, 6.07) is 19.1. The third kappa shape index (κ3) is 4.81. The molecule has 2 saturated heterocycles. The van der Waals surface area contributed by atoms with Crippen molar-refractivity contribution in [3.05, 3.63) is 83.7 Å². The van der Waals surface area contributed by atoms with Crippen LogP contribution in [0.5, 0.6) is 0 Å². The van der Waals surface area contributed by atoms with Gasteiger partial charge in [0.05, 0.1) is 41.8 Å². The minimum atomic E-state index is -0.944. The van der Waals surface area contributed by atoms with Crippen LogP contribution in [0.15, 0.2) is 67.0 Å². The van der Waals surface area contributed by atoms with Gasteiger partial charge in [-0.05, 0) is 80.4 Å². The maximum atomic E-state index is 11.2. The Balaban J connectivity index is 1.34. The maximum absolute atomic E-state index is 11.2. The average molecular weight is 522 g/mol. The topological polar surface area (TPSA) is 103 Å². The molecule has 2 N–H and O–H groups in total. The zero-order valence-electron chi connectivity index (χ0n) is 21.9. The summed E-state index contributed by atoms with van der Waals surface area (Å²) in [4.78, 5) is 18.4. The number of nitriles is 1. The number of ether oxygens (including phenoxy) is 1. The molecular formula is C31H31N5O3. The van der Waals surface area contributed by atoms with Crippen LogP contribution in [-0.4, -0.2) is 63.7 Å². The first-order chi connectivity index (χ1) is 18.9. The SMILES string of the molecule is CC1(N2CCOC(c3cc(-c4cnc5ccc(-c6ccc(C(=O)O)cc6)cn45)ccc3C#N)C2)CCNCC1. The van der Waals surface area contributed by atoms with Gasteiger partial charge in [-0.15, -0.1) is 0 Å². The van der Waals surface area contributed by atoms with E-state index in [4.69, 9.17) is 4.74 Å². The van der Waals surface area contributed by atoms with Gasteiger partial charge >= 0.3 is 5.97 Å². The van der Waals surface area contributed by atoms with Gasteiger partial charge in [-0.25, -0.2) is 9.78 Å². The van der Waals surface area contributed by atoms with Crippen LogP contribution in [-0.2, 0) is 4.74 Å². The summed E-state index contributed by atoms with van der Waals surface area (Å²) in [5.41, 5.74) is 6.49. The number of nitrogens with one attached hydrogen (secondary N) is 1. The summed E-state index contributed by atoms with van der Waals surface area (Å²) in [6.45, 7) is 6.71. The van der Waals surface area contributed by atoms with E-state index in [9.17, 15) is 15.2 Å². The van der Waals surface area contributed by atoms with Crippen LogP contribution in [0.1, 0.15) is 47.4 Å². The lowest BCUT2D eigenvalue weighted by Crippen LogP contribution is -2.56. The number of fused-ring (bicyclic) bond motifs is 1. The Morgan fingerprint density at radius 1 is 1.10 bits per heavy atom. The lowest BCUT2D eigenvalue weighted by Gasteiger charge is -2.47. The second-order valence-electron chi connectivity index (χ2n) is 10.6. The fourth-order valence-electron chi connectivity index (χ4n) is 5.87. The molecule has 0 aliphatic carbocycles. The van der Waals surface area contributed by atoms with E-state index in [0.29, 0.717) is 12.2 Å². The highest BCUT2D eigenvalue weighted by Gasteiger charge is 2.37. The molecule has 0 amide bonds. The predicted molar refractivity (Wildman–Crippen MR) is 149 cm³/mol.